The average molecular weight is 695 g/mol. The highest BCUT2D eigenvalue weighted by atomic mass is 16.3. The Bertz CT molecular complexity index is 2970. The molecule has 0 aliphatic carbocycles. The molecule has 0 aliphatic rings. The molecular formula is C47H30N6O. The molecule has 0 bridgehead atoms. The Morgan fingerprint density at radius 1 is 0.444 bits per heavy atom. The van der Waals surface area contributed by atoms with Crippen LogP contribution in [0.1, 0.15) is 0 Å². The number of hydrogen-bond donors (Lipinski definition) is 0. The zero-order valence-electron chi connectivity index (χ0n) is 28.9. The number of nitrogens with zero attached hydrogens (tertiary/aromatic N) is 6. The molecule has 0 radical (unpaired) electrons. The van der Waals surface area contributed by atoms with Crippen LogP contribution in [0, 0.1) is 0 Å². The summed E-state index contributed by atoms with van der Waals surface area (Å²) in [5, 5.41) is 14.4. The summed E-state index contributed by atoms with van der Waals surface area (Å²) in [4.78, 5) is 8.68. The van der Waals surface area contributed by atoms with E-state index in [1.54, 1.807) is 4.80 Å². The highest BCUT2D eigenvalue weighted by Crippen LogP contribution is 2.40. The maximum Gasteiger partial charge on any atom is 0.227 e. The molecule has 3 heterocycles. The van der Waals surface area contributed by atoms with E-state index in [0.29, 0.717) is 5.89 Å². The van der Waals surface area contributed by atoms with Crippen molar-refractivity contribution in [1.82, 2.24) is 24.5 Å². The summed E-state index contributed by atoms with van der Waals surface area (Å²) in [5.74, 6) is 0.598. The van der Waals surface area contributed by atoms with Crippen molar-refractivity contribution >= 4 is 71.8 Å². The van der Waals surface area contributed by atoms with E-state index >= 15 is 0 Å². The largest absolute Gasteiger partial charge is 0.436 e. The molecule has 7 heteroatoms. The van der Waals surface area contributed by atoms with E-state index in [1.165, 1.54) is 32.6 Å². The van der Waals surface area contributed by atoms with Crippen molar-refractivity contribution in [3.63, 3.8) is 0 Å². The molecule has 54 heavy (non-hydrogen) atoms. The van der Waals surface area contributed by atoms with Gasteiger partial charge in [-0.25, -0.2) is 4.98 Å². The molecule has 0 amide bonds. The third kappa shape index (κ3) is 4.87. The molecule has 0 aliphatic heterocycles. The quantitative estimate of drug-likeness (QED) is 0.173. The summed E-state index contributed by atoms with van der Waals surface area (Å²) in [6, 6.07) is 63.1. The van der Waals surface area contributed by atoms with Gasteiger partial charge in [0.1, 0.15) is 16.6 Å². The molecule has 11 rings (SSSR count). The maximum absolute atomic E-state index is 6.09. The summed E-state index contributed by atoms with van der Waals surface area (Å²) < 4.78 is 8.46. The number of para-hydroxylation sites is 3. The van der Waals surface area contributed by atoms with Crippen LogP contribution in [0.25, 0.3) is 77.5 Å². The van der Waals surface area contributed by atoms with Crippen molar-refractivity contribution in [2.75, 3.05) is 4.90 Å². The molecule has 0 unspecified atom stereocenters. The fourth-order valence-electron chi connectivity index (χ4n) is 7.67. The fourth-order valence-corrected chi connectivity index (χ4v) is 7.67. The number of fused-ring (bicyclic) bond motifs is 7. The molecule has 11 aromatic rings. The van der Waals surface area contributed by atoms with Gasteiger partial charge in [-0.1, -0.05) is 72.8 Å². The monoisotopic (exact) mass is 694 g/mol. The minimum atomic E-state index is 0.598. The second-order valence-electron chi connectivity index (χ2n) is 13.4. The zero-order chi connectivity index (χ0) is 35.6. The second kappa shape index (κ2) is 12.0. The van der Waals surface area contributed by atoms with E-state index in [2.05, 4.69) is 143 Å². The van der Waals surface area contributed by atoms with Gasteiger partial charge in [-0.3, -0.25) is 0 Å². The number of oxazole rings is 1. The first-order valence-corrected chi connectivity index (χ1v) is 18.0. The van der Waals surface area contributed by atoms with Crippen LogP contribution < -0.4 is 4.90 Å². The third-order valence-corrected chi connectivity index (χ3v) is 10.2. The van der Waals surface area contributed by atoms with Crippen molar-refractivity contribution in [3.05, 3.63) is 182 Å². The normalized spacial score (nSPS) is 11.7. The molecular weight excluding hydrogens is 665 g/mol. The molecule has 3 aromatic heterocycles. The Hall–Kier alpha value is -7.51. The summed E-state index contributed by atoms with van der Waals surface area (Å²) >= 11 is 0. The average Bonchev–Trinajstić information content (AvgIpc) is 3.96. The molecule has 0 atom stereocenters. The maximum atomic E-state index is 6.09. The van der Waals surface area contributed by atoms with Crippen molar-refractivity contribution in [3.8, 4) is 22.8 Å². The van der Waals surface area contributed by atoms with Crippen LogP contribution in [-0.4, -0.2) is 24.5 Å². The highest BCUT2D eigenvalue weighted by Gasteiger charge is 2.18. The van der Waals surface area contributed by atoms with Gasteiger partial charge >= 0.3 is 0 Å². The lowest BCUT2D eigenvalue weighted by atomic mass is 10.0. The van der Waals surface area contributed by atoms with Crippen LogP contribution in [0.4, 0.5) is 17.1 Å². The lowest BCUT2D eigenvalue weighted by Crippen LogP contribution is -2.10. The van der Waals surface area contributed by atoms with Gasteiger partial charge in [-0.2, -0.15) is 4.80 Å². The summed E-state index contributed by atoms with van der Waals surface area (Å²) in [7, 11) is 0. The lowest BCUT2D eigenvalue weighted by Gasteiger charge is -2.26. The molecule has 0 N–H and O–H groups in total. The number of benzene rings is 8. The fraction of sp³-hybridized carbons (Fsp3) is 0. The molecule has 7 nitrogen and oxygen atoms in total. The number of aromatic nitrogens is 5. The van der Waals surface area contributed by atoms with Gasteiger partial charge in [-0.05, 0) is 120 Å². The van der Waals surface area contributed by atoms with Crippen molar-refractivity contribution < 1.29 is 4.42 Å². The van der Waals surface area contributed by atoms with Crippen LogP contribution in [0.3, 0.4) is 0 Å². The predicted octanol–water partition coefficient (Wildman–Crippen LogP) is 11.9. The van der Waals surface area contributed by atoms with Crippen LogP contribution in [0.5, 0.6) is 0 Å². The first-order valence-electron chi connectivity index (χ1n) is 18.0. The molecule has 0 spiro atoms. The Kier molecular flexibility index (Phi) is 6.72. The Morgan fingerprint density at radius 2 is 1.02 bits per heavy atom. The lowest BCUT2D eigenvalue weighted by molar-refractivity contribution is 0.620. The first-order chi connectivity index (χ1) is 26.7. The number of rotatable bonds is 6. The Morgan fingerprint density at radius 3 is 1.72 bits per heavy atom. The molecule has 0 saturated heterocycles. The summed E-state index contributed by atoms with van der Waals surface area (Å²) in [6.45, 7) is 0. The van der Waals surface area contributed by atoms with Gasteiger partial charge in [0.2, 0.25) is 5.89 Å². The number of hydrogen-bond acceptors (Lipinski definition) is 5. The highest BCUT2D eigenvalue weighted by molar-refractivity contribution is 6.21. The van der Waals surface area contributed by atoms with Gasteiger partial charge in [0.05, 0.1) is 16.7 Å². The van der Waals surface area contributed by atoms with Gasteiger partial charge in [0.15, 0.2) is 5.58 Å². The van der Waals surface area contributed by atoms with Gasteiger partial charge in [0.25, 0.3) is 0 Å². The molecule has 254 valence electrons. The van der Waals surface area contributed by atoms with Crippen molar-refractivity contribution in [1.29, 1.82) is 0 Å². The van der Waals surface area contributed by atoms with Crippen LogP contribution in [0.15, 0.2) is 186 Å². The van der Waals surface area contributed by atoms with E-state index < -0.39 is 0 Å². The SMILES string of the molecule is c1ccc2c(c1)ccc1c2c2ccccc2n1-c1ccc(N(c2ccc(-c3nc4ccccc4o3)cc2)c2ccc(-n3nc4ccccc4n3)cc2)cc1. The van der Waals surface area contributed by atoms with E-state index in [1.807, 2.05) is 48.5 Å². The van der Waals surface area contributed by atoms with E-state index in [4.69, 9.17) is 19.6 Å². The Labute approximate surface area is 309 Å². The van der Waals surface area contributed by atoms with Gasteiger partial charge < -0.3 is 13.9 Å². The number of anilines is 3. The molecule has 8 aromatic carbocycles. The minimum Gasteiger partial charge on any atom is -0.436 e. The van der Waals surface area contributed by atoms with Crippen LogP contribution in [-0.2, 0) is 0 Å². The van der Waals surface area contributed by atoms with E-state index in [0.717, 1.165) is 56.1 Å². The van der Waals surface area contributed by atoms with Crippen molar-refractivity contribution in [2.24, 2.45) is 0 Å². The van der Waals surface area contributed by atoms with E-state index in [-0.39, 0.29) is 0 Å². The molecule has 0 fully saturated rings. The van der Waals surface area contributed by atoms with Gasteiger partial charge in [0, 0.05) is 39.1 Å². The first kappa shape index (κ1) is 30.1. The van der Waals surface area contributed by atoms with Crippen LogP contribution >= 0.6 is 0 Å². The van der Waals surface area contributed by atoms with E-state index in [9.17, 15) is 0 Å². The second-order valence-corrected chi connectivity index (χ2v) is 13.4. The molecule has 0 saturated carbocycles. The smallest absolute Gasteiger partial charge is 0.227 e. The van der Waals surface area contributed by atoms with Crippen LogP contribution in [0.2, 0.25) is 0 Å². The zero-order valence-corrected chi connectivity index (χ0v) is 28.9. The summed E-state index contributed by atoms with van der Waals surface area (Å²) in [5.41, 5.74) is 11.6. The minimum absolute atomic E-state index is 0.598. The Balaban J connectivity index is 1.01. The van der Waals surface area contributed by atoms with Gasteiger partial charge in [-0.15, -0.1) is 10.2 Å². The van der Waals surface area contributed by atoms with Crippen molar-refractivity contribution in [2.45, 2.75) is 0 Å². The third-order valence-electron chi connectivity index (χ3n) is 10.2. The predicted molar refractivity (Wildman–Crippen MR) is 218 cm³/mol. The topological polar surface area (TPSA) is 64.9 Å². The standard InChI is InChI=1S/C47H30N6O/c1-2-10-38-31(9-1)19-30-44-46(38)39-11-3-7-15-43(39)52(44)36-24-22-34(23-25-36)51(33-20-17-32(18-21-33)47-48-42-14-6-8-16-45(42)54-47)35-26-28-37(29-27-35)53-49-40-12-4-5-13-41(40)50-53/h1-30H. The summed E-state index contributed by atoms with van der Waals surface area (Å²) in [6.07, 6.45) is 0.